The van der Waals surface area contributed by atoms with Gasteiger partial charge in [0.2, 0.25) is 5.91 Å². The van der Waals surface area contributed by atoms with E-state index >= 15 is 0 Å². The molecule has 1 fully saturated rings. The lowest BCUT2D eigenvalue weighted by Gasteiger charge is -2.15. The number of aliphatic hydroxyl groups excluding tert-OH is 1. The van der Waals surface area contributed by atoms with Gasteiger partial charge in [0.05, 0.1) is 13.2 Å². The molecule has 0 aromatic heterocycles. The van der Waals surface area contributed by atoms with Gasteiger partial charge in [0, 0.05) is 25.9 Å². The second kappa shape index (κ2) is 18.7. The van der Waals surface area contributed by atoms with Crippen LogP contribution in [-0.4, -0.2) is 48.2 Å². The predicted octanol–water partition coefficient (Wildman–Crippen LogP) is 5.77. The lowest BCUT2D eigenvalue weighted by molar-refractivity contribution is -0.140. The first-order valence-corrected chi connectivity index (χ1v) is 12.7. The third kappa shape index (κ3) is 14.8. The molecule has 1 aliphatic rings. The summed E-state index contributed by atoms with van der Waals surface area (Å²) in [6, 6.07) is 0. The maximum absolute atomic E-state index is 12.0. The van der Waals surface area contributed by atoms with Crippen LogP contribution in [0.2, 0.25) is 0 Å². The highest BCUT2D eigenvalue weighted by molar-refractivity contribution is 5.76. The van der Waals surface area contributed by atoms with Crippen LogP contribution in [0.4, 0.5) is 0 Å². The van der Waals surface area contributed by atoms with Crippen molar-refractivity contribution < 1.29 is 19.4 Å². The summed E-state index contributed by atoms with van der Waals surface area (Å²) in [5, 5.41) is 9.48. The number of aliphatic hydroxyl groups is 1. The standard InChI is InChI=1S/C25H47NO4/c1-30-25(29)19-17-15-13-11-9-7-5-3-2-4-6-8-10-12-14-16-18-24(28)26-21-20-23(27)22-26/h23,27H,2-22H2,1H3/t23-/m0/s1. The molecule has 1 heterocycles. The first kappa shape index (κ1) is 26.9. The Hall–Kier alpha value is -1.10. The normalized spacial score (nSPS) is 16.2. The van der Waals surface area contributed by atoms with Crippen LogP contribution in [0.25, 0.3) is 0 Å². The van der Waals surface area contributed by atoms with Gasteiger partial charge in [0.15, 0.2) is 0 Å². The molecule has 30 heavy (non-hydrogen) atoms. The number of rotatable bonds is 19. The van der Waals surface area contributed by atoms with E-state index in [4.69, 9.17) is 0 Å². The largest absolute Gasteiger partial charge is 0.469 e. The minimum Gasteiger partial charge on any atom is -0.469 e. The minimum atomic E-state index is -0.302. The lowest BCUT2D eigenvalue weighted by Crippen LogP contribution is -2.29. The van der Waals surface area contributed by atoms with E-state index in [1.54, 1.807) is 0 Å². The molecule has 0 aromatic carbocycles. The van der Waals surface area contributed by atoms with Gasteiger partial charge >= 0.3 is 5.97 Å². The Morgan fingerprint density at radius 1 is 0.733 bits per heavy atom. The number of β-amino-alcohol motifs (C(OH)–C–C–N with tert-alkyl or cyclic N) is 1. The minimum absolute atomic E-state index is 0.0818. The number of amides is 1. The van der Waals surface area contributed by atoms with Crippen LogP contribution in [0.3, 0.4) is 0 Å². The Balaban J connectivity index is 1.71. The smallest absolute Gasteiger partial charge is 0.305 e. The van der Waals surface area contributed by atoms with Crippen molar-refractivity contribution in [3.63, 3.8) is 0 Å². The molecule has 1 aliphatic heterocycles. The Kier molecular flexibility index (Phi) is 16.7. The highest BCUT2D eigenvalue weighted by atomic mass is 16.5. The summed E-state index contributed by atoms with van der Waals surface area (Å²) >= 11 is 0. The lowest BCUT2D eigenvalue weighted by atomic mass is 10.0. The SMILES string of the molecule is COC(=O)CCCCCCCCCCCCCCCCCCC(=O)N1CC[C@H](O)C1. The van der Waals surface area contributed by atoms with Gasteiger partial charge in [0.25, 0.3) is 0 Å². The van der Waals surface area contributed by atoms with Crippen molar-refractivity contribution in [1.29, 1.82) is 0 Å². The number of hydrogen-bond donors (Lipinski definition) is 1. The van der Waals surface area contributed by atoms with Crippen LogP contribution in [0, 0.1) is 0 Å². The number of likely N-dealkylation sites (tertiary alicyclic amines) is 1. The molecular weight excluding hydrogens is 378 g/mol. The Morgan fingerprint density at radius 2 is 1.13 bits per heavy atom. The van der Waals surface area contributed by atoms with E-state index in [1.807, 2.05) is 4.90 Å². The third-order valence-electron chi connectivity index (χ3n) is 6.27. The van der Waals surface area contributed by atoms with Crippen molar-refractivity contribution in [2.75, 3.05) is 20.2 Å². The molecule has 0 unspecified atom stereocenters. The molecule has 1 atom stereocenters. The Labute approximate surface area is 184 Å². The van der Waals surface area contributed by atoms with Crippen LogP contribution in [0.5, 0.6) is 0 Å². The van der Waals surface area contributed by atoms with Crippen LogP contribution < -0.4 is 0 Å². The van der Waals surface area contributed by atoms with Crippen LogP contribution in [-0.2, 0) is 14.3 Å². The fraction of sp³-hybridized carbons (Fsp3) is 0.920. The van der Waals surface area contributed by atoms with Gasteiger partial charge in [-0.1, -0.05) is 89.9 Å². The molecule has 1 rings (SSSR count). The third-order valence-corrected chi connectivity index (χ3v) is 6.27. The summed E-state index contributed by atoms with van der Waals surface area (Å²) in [6.07, 6.45) is 21.9. The molecule has 5 heteroatoms. The second-order valence-electron chi connectivity index (χ2n) is 9.02. The average molecular weight is 426 g/mol. The van der Waals surface area contributed by atoms with E-state index < -0.39 is 0 Å². The van der Waals surface area contributed by atoms with Crippen molar-refractivity contribution >= 4 is 11.9 Å². The number of carbonyl (C=O) groups is 2. The molecule has 0 aromatic rings. The second-order valence-corrected chi connectivity index (χ2v) is 9.02. The molecule has 1 saturated heterocycles. The zero-order chi connectivity index (χ0) is 21.9. The van der Waals surface area contributed by atoms with E-state index in [0.29, 0.717) is 19.4 Å². The van der Waals surface area contributed by atoms with Crippen molar-refractivity contribution in [1.82, 2.24) is 4.90 Å². The fourth-order valence-electron chi connectivity index (χ4n) is 4.25. The summed E-state index contributed by atoms with van der Waals surface area (Å²) in [6.45, 7) is 1.27. The summed E-state index contributed by atoms with van der Waals surface area (Å²) in [5.41, 5.74) is 0. The van der Waals surface area contributed by atoms with Crippen molar-refractivity contribution in [3.05, 3.63) is 0 Å². The highest BCUT2D eigenvalue weighted by Gasteiger charge is 2.23. The monoisotopic (exact) mass is 425 g/mol. The van der Waals surface area contributed by atoms with Gasteiger partial charge in [-0.3, -0.25) is 9.59 Å². The molecule has 1 N–H and O–H groups in total. The van der Waals surface area contributed by atoms with Gasteiger partial charge in [-0.15, -0.1) is 0 Å². The molecular formula is C25H47NO4. The molecule has 0 saturated carbocycles. The van der Waals surface area contributed by atoms with Crippen LogP contribution >= 0.6 is 0 Å². The van der Waals surface area contributed by atoms with Crippen molar-refractivity contribution in [2.24, 2.45) is 0 Å². The summed E-state index contributed by atoms with van der Waals surface area (Å²) in [4.78, 5) is 24.8. The number of esters is 1. The molecule has 176 valence electrons. The van der Waals surface area contributed by atoms with E-state index in [9.17, 15) is 14.7 Å². The number of unbranched alkanes of at least 4 members (excludes halogenated alkanes) is 15. The quantitative estimate of drug-likeness (QED) is 0.211. The zero-order valence-electron chi connectivity index (χ0n) is 19.5. The number of nitrogens with zero attached hydrogens (tertiary/aromatic N) is 1. The van der Waals surface area contributed by atoms with Crippen molar-refractivity contribution in [2.45, 2.75) is 128 Å². The van der Waals surface area contributed by atoms with E-state index in [2.05, 4.69) is 4.74 Å². The molecule has 0 bridgehead atoms. The molecule has 5 nitrogen and oxygen atoms in total. The average Bonchev–Trinajstić information content (AvgIpc) is 3.18. The fourth-order valence-corrected chi connectivity index (χ4v) is 4.25. The van der Waals surface area contributed by atoms with Gasteiger partial charge < -0.3 is 14.7 Å². The highest BCUT2D eigenvalue weighted by Crippen LogP contribution is 2.15. The maximum atomic E-state index is 12.0. The number of hydrogen-bond acceptors (Lipinski definition) is 4. The molecule has 0 spiro atoms. The van der Waals surface area contributed by atoms with E-state index in [-0.39, 0.29) is 18.0 Å². The van der Waals surface area contributed by atoms with Crippen LogP contribution in [0.1, 0.15) is 122 Å². The molecule has 1 amide bonds. The number of carbonyl (C=O) groups excluding carboxylic acids is 2. The van der Waals surface area contributed by atoms with Gasteiger partial charge in [-0.25, -0.2) is 0 Å². The predicted molar refractivity (Wildman–Crippen MR) is 122 cm³/mol. The Morgan fingerprint density at radius 3 is 1.50 bits per heavy atom. The summed E-state index contributed by atoms with van der Waals surface area (Å²) < 4.78 is 4.65. The van der Waals surface area contributed by atoms with E-state index in [1.165, 1.54) is 84.2 Å². The van der Waals surface area contributed by atoms with Crippen LogP contribution in [0.15, 0.2) is 0 Å². The number of methoxy groups -OCH3 is 1. The molecule has 0 aliphatic carbocycles. The Bertz CT molecular complexity index is 441. The zero-order valence-corrected chi connectivity index (χ0v) is 19.5. The first-order chi connectivity index (χ1) is 14.6. The van der Waals surface area contributed by atoms with Gasteiger partial charge in [0.1, 0.15) is 0 Å². The van der Waals surface area contributed by atoms with E-state index in [0.717, 1.165) is 38.6 Å². The first-order valence-electron chi connectivity index (χ1n) is 12.7. The molecule has 0 radical (unpaired) electrons. The van der Waals surface area contributed by atoms with Crippen molar-refractivity contribution in [3.8, 4) is 0 Å². The topological polar surface area (TPSA) is 66.8 Å². The van der Waals surface area contributed by atoms with Gasteiger partial charge in [-0.05, 0) is 19.3 Å². The maximum Gasteiger partial charge on any atom is 0.305 e. The summed E-state index contributed by atoms with van der Waals surface area (Å²) in [5.74, 6) is 0.145. The number of ether oxygens (including phenoxy) is 1. The summed E-state index contributed by atoms with van der Waals surface area (Å²) in [7, 11) is 1.46. The van der Waals surface area contributed by atoms with Gasteiger partial charge in [-0.2, -0.15) is 0 Å².